The van der Waals surface area contributed by atoms with E-state index in [1.54, 1.807) is 30.6 Å². The van der Waals surface area contributed by atoms with Crippen LogP contribution in [0.25, 0.3) is 16.9 Å². The number of pyridine rings is 1. The van der Waals surface area contributed by atoms with Crippen molar-refractivity contribution in [3.8, 4) is 11.9 Å². The number of hydrogen-bond acceptors (Lipinski definition) is 7. The summed E-state index contributed by atoms with van der Waals surface area (Å²) >= 11 is 3.21. The van der Waals surface area contributed by atoms with E-state index in [1.165, 1.54) is 23.0 Å². The Morgan fingerprint density at radius 1 is 1.16 bits per heavy atom. The minimum absolute atomic E-state index is 0.00115. The van der Waals surface area contributed by atoms with Crippen LogP contribution in [0, 0.1) is 11.3 Å². The van der Waals surface area contributed by atoms with Gasteiger partial charge in [0.25, 0.3) is 0 Å². The van der Waals surface area contributed by atoms with E-state index in [0.29, 0.717) is 4.60 Å². The lowest BCUT2D eigenvalue weighted by Crippen LogP contribution is -2.59. The average Bonchev–Trinajstić information content (AvgIpc) is 3.19. The van der Waals surface area contributed by atoms with Crippen LogP contribution in [0.3, 0.4) is 0 Å². The molecule has 196 valence electrons. The van der Waals surface area contributed by atoms with Gasteiger partial charge < -0.3 is 14.5 Å². The van der Waals surface area contributed by atoms with Gasteiger partial charge in [-0.15, -0.1) is 0 Å². The molecule has 0 N–H and O–H groups in total. The van der Waals surface area contributed by atoms with Gasteiger partial charge in [-0.2, -0.15) is 18.4 Å². The fourth-order valence-corrected chi connectivity index (χ4v) is 4.75. The van der Waals surface area contributed by atoms with Gasteiger partial charge in [0.1, 0.15) is 28.2 Å². The molecule has 0 radical (unpaired) electrons. The van der Waals surface area contributed by atoms with Crippen LogP contribution in [0.2, 0.25) is 0 Å². The molecule has 0 bridgehead atoms. The summed E-state index contributed by atoms with van der Waals surface area (Å²) in [5.74, 6) is 0.210. The smallest absolute Gasteiger partial charge is 0.418 e. The zero-order valence-electron chi connectivity index (χ0n) is 20.8. The van der Waals surface area contributed by atoms with Gasteiger partial charge in [-0.3, -0.25) is 4.57 Å². The molecule has 1 aliphatic heterocycles. The average molecular weight is 580 g/mol. The lowest BCUT2D eigenvalue weighted by molar-refractivity contribution is -0.136. The van der Waals surface area contributed by atoms with Crippen LogP contribution in [0.4, 0.5) is 23.8 Å². The molecule has 4 heterocycles. The highest BCUT2D eigenvalue weighted by Crippen LogP contribution is 2.41. The Balaban J connectivity index is 1.82. The maximum Gasteiger partial charge on any atom is 0.418 e. The predicted octanol–water partition coefficient (Wildman–Crippen LogP) is 5.30. The maximum atomic E-state index is 14.3. The standard InChI is InChI=1S/C24H25BrF3N7O2/c1-13-10-34(22(36)37-23(3,4)5)14(2)9-33(13)20-19-16(24(26,27)28)11-35(21(19)31-12-30-20)18-7-15(8-29)6-17(25)32-18/h6-7,11-14H,9-10H2,1-5H3/t13-,14+/m0/s1. The van der Waals surface area contributed by atoms with Gasteiger partial charge in [0, 0.05) is 31.4 Å². The van der Waals surface area contributed by atoms with E-state index in [2.05, 4.69) is 30.9 Å². The molecule has 3 aromatic heterocycles. The lowest BCUT2D eigenvalue weighted by Gasteiger charge is -2.44. The van der Waals surface area contributed by atoms with Crippen LogP contribution in [0.1, 0.15) is 45.7 Å². The van der Waals surface area contributed by atoms with Crippen molar-refractivity contribution in [2.45, 2.75) is 58.5 Å². The van der Waals surface area contributed by atoms with Gasteiger partial charge in [0.05, 0.1) is 22.6 Å². The molecule has 2 atom stereocenters. The Labute approximate surface area is 220 Å². The number of aromatic nitrogens is 4. The zero-order valence-corrected chi connectivity index (χ0v) is 22.4. The molecule has 1 saturated heterocycles. The third kappa shape index (κ3) is 5.34. The summed E-state index contributed by atoms with van der Waals surface area (Å²) in [6, 6.07) is 4.12. The molecule has 4 rings (SSSR count). The molecule has 3 aromatic rings. The molecule has 1 amide bonds. The number of nitrogens with zero attached hydrogens (tertiary/aromatic N) is 7. The third-order valence-electron chi connectivity index (χ3n) is 5.91. The number of carbonyl (C=O) groups excluding carboxylic acids is 1. The molecule has 1 fully saturated rings. The molecular weight excluding hydrogens is 555 g/mol. The summed E-state index contributed by atoms with van der Waals surface area (Å²) in [6.07, 6.45) is -3.06. The summed E-state index contributed by atoms with van der Waals surface area (Å²) in [4.78, 5) is 28.7. The second-order valence-corrected chi connectivity index (χ2v) is 10.8. The van der Waals surface area contributed by atoms with Crippen molar-refractivity contribution >= 4 is 38.9 Å². The normalized spacial score (nSPS) is 18.7. The summed E-state index contributed by atoms with van der Waals surface area (Å²) < 4.78 is 49.9. The van der Waals surface area contributed by atoms with Crippen LogP contribution < -0.4 is 4.90 Å². The minimum atomic E-state index is -4.71. The Hall–Kier alpha value is -3.40. The summed E-state index contributed by atoms with van der Waals surface area (Å²) in [5.41, 5.74) is -1.37. The van der Waals surface area contributed by atoms with Gasteiger partial charge in [0.2, 0.25) is 0 Å². The van der Waals surface area contributed by atoms with Gasteiger partial charge in [-0.1, -0.05) is 0 Å². The van der Waals surface area contributed by atoms with Crippen molar-refractivity contribution in [2.24, 2.45) is 0 Å². The highest BCUT2D eigenvalue weighted by atomic mass is 79.9. The van der Waals surface area contributed by atoms with Crippen molar-refractivity contribution in [1.29, 1.82) is 5.26 Å². The number of anilines is 1. The van der Waals surface area contributed by atoms with Gasteiger partial charge in [-0.25, -0.2) is 19.7 Å². The zero-order chi connectivity index (χ0) is 27.3. The molecule has 0 spiro atoms. The molecule has 13 heteroatoms. The Kier molecular flexibility index (Phi) is 6.83. The van der Waals surface area contributed by atoms with Gasteiger partial charge in [0.15, 0.2) is 5.65 Å². The van der Waals surface area contributed by atoms with Crippen LogP contribution in [0.15, 0.2) is 29.3 Å². The summed E-state index contributed by atoms with van der Waals surface area (Å²) in [6.45, 7) is 9.43. The highest BCUT2D eigenvalue weighted by Gasteiger charge is 2.40. The van der Waals surface area contributed by atoms with E-state index in [0.717, 1.165) is 6.20 Å². The molecule has 0 saturated carbocycles. The number of ether oxygens (including phenoxy) is 1. The SMILES string of the molecule is C[C@@H]1CN(c2ncnc3c2c(C(F)(F)F)cn3-c2cc(C#N)cc(Br)n2)[C@@H](C)CN1C(=O)OC(C)(C)C. The molecular formula is C24H25BrF3N7O2. The second-order valence-electron chi connectivity index (χ2n) is 9.94. The van der Waals surface area contributed by atoms with E-state index >= 15 is 0 Å². The largest absolute Gasteiger partial charge is 0.444 e. The minimum Gasteiger partial charge on any atom is -0.444 e. The molecule has 9 nitrogen and oxygen atoms in total. The Morgan fingerprint density at radius 3 is 2.49 bits per heavy atom. The first kappa shape index (κ1) is 26.7. The van der Waals surface area contributed by atoms with E-state index in [4.69, 9.17) is 4.74 Å². The number of alkyl halides is 3. The van der Waals surface area contributed by atoms with E-state index in [9.17, 15) is 23.2 Å². The first-order valence-corrected chi connectivity index (χ1v) is 12.3. The van der Waals surface area contributed by atoms with Crippen molar-refractivity contribution in [1.82, 2.24) is 24.4 Å². The Morgan fingerprint density at radius 2 is 1.86 bits per heavy atom. The van der Waals surface area contributed by atoms with Gasteiger partial charge in [-0.05, 0) is 62.7 Å². The maximum absolute atomic E-state index is 14.3. The third-order valence-corrected chi connectivity index (χ3v) is 6.32. The molecule has 0 aromatic carbocycles. The highest BCUT2D eigenvalue weighted by molar-refractivity contribution is 9.10. The summed E-state index contributed by atoms with van der Waals surface area (Å²) in [5, 5.41) is 9.13. The van der Waals surface area contributed by atoms with E-state index in [1.807, 2.05) is 19.9 Å². The molecule has 0 aliphatic carbocycles. The summed E-state index contributed by atoms with van der Waals surface area (Å²) in [7, 11) is 0. The second kappa shape index (κ2) is 9.48. The number of halogens is 4. The Bertz CT molecular complexity index is 1390. The van der Waals surface area contributed by atoms with E-state index in [-0.39, 0.29) is 53.4 Å². The van der Waals surface area contributed by atoms with E-state index < -0.39 is 23.4 Å². The molecule has 1 aliphatic rings. The lowest BCUT2D eigenvalue weighted by atomic mass is 10.1. The fourth-order valence-electron chi connectivity index (χ4n) is 4.32. The van der Waals surface area contributed by atoms with Crippen molar-refractivity contribution in [3.05, 3.63) is 40.4 Å². The van der Waals surface area contributed by atoms with Crippen molar-refractivity contribution in [2.75, 3.05) is 18.0 Å². The van der Waals surface area contributed by atoms with Crippen molar-refractivity contribution < 1.29 is 22.7 Å². The van der Waals surface area contributed by atoms with Crippen LogP contribution in [-0.4, -0.2) is 61.3 Å². The number of piperazine rings is 1. The number of hydrogen-bond donors (Lipinski definition) is 0. The first-order valence-electron chi connectivity index (χ1n) is 11.5. The predicted molar refractivity (Wildman–Crippen MR) is 133 cm³/mol. The van der Waals surface area contributed by atoms with Crippen molar-refractivity contribution in [3.63, 3.8) is 0 Å². The van der Waals surface area contributed by atoms with Crippen LogP contribution >= 0.6 is 15.9 Å². The molecule has 0 unspecified atom stereocenters. The monoisotopic (exact) mass is 579 g/mol. The van der Waals surface area contributed by atoms with Crippen LogP contribution in [-0.2, 0) is 10.9 Å². The number of amides is 1. The number of carbonyl (C=O) groups is 1. The first-order chi connectivity index (χ1) is 17.2. The number of fused-ring (bicyclic) bond motifs is 1. The topological polar surface area (TPSA) is 100 Å². The van der Waals surface area contributed by atoms with Gasteiger partial charge >= 0.3 is 12.3 Å². The quantitative estimate of drug-likeness (QED) is 0.379. The number of nitriles is 1. The molecule has 37 heavy (non-hydrogen) atoms. The fraction of sp³-hybridized carbons (Fsp3) is 0.458. The van der Waals surface area contributed by atoms with Crippen LogP contribution in [0.5, 0.6) is 0 Å². The number of rotatable bonds is 2.